The second-order valence-electron chi connectivity index (χ2n) is 5.14. The van der Waals surface area contributed by atoms with E-state index in [2.05, 4.69) is 15.3 Å². The molecule has 2 heterocycles. The van der Waals surface area contributed by atoms with Crippen molar-refractivity contribution in [1.29, 1.82) is 0 Å². The van der Waals surface area contributed by atoms with Gasteiger partial charge in [-0.15, -0.1) is 11.3 Å². The van der Waals surface area contributed by atoms with Gasteiger partial charge in [0.05, 0.1) is 6.04 Å². The number of aromatic amines is 1. The maximum atomic E-state index is 12.4. The zero-order valence-corrected chi connectivity index (χ0v) is 13.3. The van der Waals surface area contributed by atoms with Gasteiger partial charge in [0.1, 0.15) is 11.5 Å². The lowest BCUT2D eigenvalue weighted by Crippen LogP contribution is -2.27. The van der Waals surface area contributed by atoms with Gasteiger partial charge in [-0.2, -0.15) is 0 Å². The zero-order valence-electron chi connectivity index (χ0n) is 12.5. The maximum Gasteiger partial charge on any atom is 0.272 e. The van der Waals surface area contributed by atoms with Crippen molar-refractivity contribution in [2.75, 3.05) is 0 Å². The first-order valence-electron chi connectivity index (χ1n) is 7.11. The number of aromatic nitrogens is 2. The molecule has 0 saturated carbocycles. The Balaban J connectivity index is 1.80. The first-order valence-corrected chi connectivity index (χ1v) is 7.99. The molecule has 1 atom stereocenters. The molecule has 0 bridgehead atoms. The predicted octanol–water partition coefficient (Wildman–Crippen LogP) is 3.94. The van der Waals surface area contributed by atoms with Crippen molar-refractivity contribution in [3.05, 3.63) is 64.1 Å². The molecule has 0 saturated heterocycles. The van der Waals surface area contributed by atoms with Crippen molar-refractivity contribution in [1.82, 2.24) is 15.3 Å². The summed E-state index contributed by atoms with van der Waals surface area (Å²) in [6, 6.07) is 13.8. The normalized spacial score (nSPS) is 12.1. The van der Waals surface area contributed by atoms with E-state index >= 15 is 0 Å². The smallest absolute Gasteiger partial charge is 0.272 e. The van der Waals surface area contributed by atoms with Gasteiger partial charge in [0.15, 0.2) is 0 Å². The Labute approximate surface area is 133 Å². The standard InChI is InChI=1S/C17H17N3OS/c1-11(14-9-6-10-22-14)19-17(21)15-12(2)18-16(20-15)13-7-4-3-5-8-13/h3-11H,1-2H3,(H,18,20)(H,19,21). The van der Waals surface area contributed by atoms with Crippen molar-refractivity contribution in [3.63, 3.8) is 0 Å². The highest BCUT2D eigenvalue weighted by atomic mass is 32.1. The molecule has 3 rings (SSSR count). The van der Waals surface area contributed by atoms with Crippen LogP contribution in [0.2, 0.25) is 0 Å². The molecule has 0 aliphatic heterocycles. The molecule has 0 spiro atoms. The fourth-order valence-electron chi connectivity index (χ4n) is 2.29. The Hall–Kier alpha value is -2.40. The molecule has 0 aliphatic carbocycles. The topological polar surface area (TPSA) is 57.8 Å². The Bertz CT molecular complexity index is 763. The fourth-order valence-corrected chi connectivity index (χ4v) is 3.02. The van der Waals surface area contributed by atoms with Crippen LogP contribution in [0, 0.1) is 6.92 Å². The van der Waals surface area contributed by atoms with Crippen LogP contribution in [0.25, 0.3) is 11.4 Å². The van der Waals surface area contributed by atoms with Crippen molar-refractivity contribution < 1.29 is 4.79 Å². The fraction of sp³-hybridized carbons (Fsp3) is 0.176. The molecule has 3 aromatic rings. The van der Waals surface area contributed by atoms with Gasteiger partial charge >= 0.3 is 0 Å². The van der Waals surface area contributed by atoms with Crippen LogP contribution in [-0.2, 0) is 0 Å². The third-order valence-corrected chi connectivity index (χ3v) is 4.52. The van der Waals surface area contributed by atoms with E-state index in [0.29, 0.717) is 11.5 Å². The number of benzene rings is 1. The summed E-state index contributed by atoms with van der Waals surface area (Å²) >= 11 is 1.63. The van der Waals surface area contributed by atoms with E-state index in [4.69, 9.17) is 0 Å². The van der Waals surface area contributed by atoms with Crippen molar-refractivity contribution in [2.45, 2.75) is 19.9 Å². The second kappa shape index (κ2) is 6.15. The molecule has 112 valence electrons. The van der Waals surface area contributed by atoms with Gasteiger partial charge in [-0.3, -0.25) is 4.79 Å². The quantitative estimate of drug-likeness (QED) is 0.767. The number of carbonyl (C=O) groups is 1. The average molecular weight is 311 g/mol. The van der Waals surface area contributed by atoms with E-state index in [1.807, 2.05) is 61.7 Å². The van der Waals surface area contributed by atoms with E-state index in [1.165, 1.54) is 0 Å². The van der Waals surface area contributed by atoms with Gasteiger partial charge in [-0.05, 0) is 25.3 Å². The molecule has 0 aliphatic rings. The first-order chi connectivity index (χ1) is 10.6. The van der Waals surface area contributed by atoms with E-state index in [1.54, 1.807) is 11.3 Å². The third-order valence-electron chi connectivity index (χ3n) is 3.46. The van der Waals surface area contributed by atoms with Crippen LogP contribution in [-0.4, -0.2) is 15.9 Å². The highest BCUT2D eigenvalue weighted by Crippen LogP contribution is 2.20. The largest absolute Gasteiger partial charge is 0.343 e. The Morgan fingerprint density at radius 1 is 1.23 bits per heavy atom. The number of imidazole rings is 1. The van der Waals surface area contributed by atoms with Gasteiger partial charge in [0.25, 0.3) is 5.91 Å². The summed E-state index contributed by atoms with van der Waals surface area (Å²) in [4.78, 5) is 21.2. The van der Waals surface area contributed by atoms with Gasteiger partial charge in [0, 0.05) is 16.1 Å². The maximum absolute atomic E-state index is 12.4. The van der Waals surface area contributed by atoms with Crippen molar-refractivity contribution >= 4 is 17.2 Å². The third kappa shape index (κ3) is 2.94. The number of H-pyrrole nitrogens is 1. The van der Waals surface area contributed by atoms with Crippen molar-refractivity contribution in [2.24, 2.45) is 0 Å². The van der Waals surface area contributed by atoms with Crippen LogP contribution in [0.15, 0.2) is 47.8 Å². The predicted molar refractivity (Wildman–Crippen MR) is 89.0 cm³/mol. The highest BCUT2D eigenvalue weighted by Gasteiger charge is 2.18. The molecule has 1 aromatic carbocycles. The van der Waals surface area contributed by atoms with E-state index in [9.17, 15) is 4.79 Å². The Morgan fingerprint density at radius 2 is 2.00 bits per heavy atom. The molecule has 1 unspecified atom stereocenters. The average Bonchev–Trinajstić information content (AvgIpc) is 3.17. The Morgan fingerprint density at radius 3 is 2.68 bits per heavy atom. The first kappa shape index (κ1) is 14.5. The molecule has 0 fully saturated rings. The number of aryl methyl sites for hydroxylation is 1. The number of thiophene rings is 1. The number of hydrogen-bond donors (Lipinski definition) is 2. The van der Waals surface area contributed by atoms with Gasteiger partial charge in [-0.1, -0.05) is 36.4 Å². The van der Waals surface area contributed by atoms with Crippen LogP contribution in [0.3, 0.4) is 0 Å². The molecular weight excluding hydrogens is 294 g/mol. The SMILES string of the molecule is Cc1[nH]c(-c2ccccc2)nc1C(=O)NC(C)c1cccs1. The van der Waals surface area contributed by atoms with Crippen molar-refractivity contribution in [3.8, 4) is 11.4 Å². The van der Waals surface area contributed by atoms with E-state index in [0.717, 1.165) is 16.1 Å². The summed E-state index contributed by atoms with van der Waals surface area (Å²) in [6.07, 6.45) is 0. The summed E-state index contributed by atoms with van der Waals surface area (Å²) in [5, 5.41) is 5.00. The molecule has 2 aromatic heterocycles. The minimum Gasteiger partial charge on any atom is -0.343 e. The molecule has 0 radical (unpaired) electrons. The number of hydrogen-bond acceptors (Lipinski definition) is 3. The summed E-state index contributed by atoms with van der Waals surface area (Å²) in [5.41, 5.74) is 2.19. The summed E-state index contributed by atoms with van der Waals surface area (Å²) < 4.78 is 0. The lowest BCUT2D eigenvalue weighted by molar-refractivity contribution is 0.0935. The number of nitrogens with zero attached hydrogens (tertiary/aromatic N) is 1. The van der Waals surface area contributed by atoms with Gasteiger partial charge in [-0.25, -0.2) is 4.98 Å². The lowest BCUT2D eigenvalue weighted by atomic mass is 10.2. The molecule has 5 heteroatoms. The summed E-state index contributed by atoms with van der Waals surface area (Å²) in [7, 11) is 0. The molecule has 2 N–H and O–H groups in total. The molecule has 1 amide bonds. The summed E-state index contributed by atoms with van der Waals surface area (Å²) in [5.74, 6) is 0.559. The number of nitrogens with one attached hydrogen (secondary N) is 2. The number of amides is 1. The van der Waals surface area contributed by atoms with E-state index in [-0.39, 0.29) is 11.9 Å². The minimum absolute atomic E-state index is 0.0243. The second-order valence-corrected chi connectivity index (χ2v) is 6.11. The molecular formula is C17H17N3OS. The van der Waals surface area contributed by atoms with Crippen LogP contribution >= 0.6 is 11.3 Å². The van der Waals surface area contributed by atoms with Crippen LogP contribution in [0.5, 0.6) is 0 Å². The van der Waals surface area contributed by atoms with Crippen LogP contribution < -0.4 is 5.32 Å². The number of rotatable bonds is 4. The van der Waals surface area contributed by atoms with Crippen LogP contribution in [0.4, 0.5) is 0 Å². The van der Waals surface area contributed by atoms with E-state index < -0.39 is 0 Å². The number of carbonyl (C=O) groups excluding carboxylic acids is 1. The highest BCUT2D eigenvalue weighted by molar-refractivity contribution is 7.10. The molecule has 22 heavy (non-hydrogen) atoms. The van der Waals surface area contributed by atoms with Gasteiger partial charge < -0.3 is 10.3 Å². The molecule has 4 nitrogen and oxygen atoms in total. The minimum atomic E-state index is -0.156. The lowest BCUT2D eigenvalue weighted by Gasteiger charge is -2.11. The Kier molecular flexibility index (Phi) is 4.06. The van der Waals surface area contributed by atoms with Crippen LogP contribution in [0.1, 0.15) is 34.0 Å². The monoisotopic (exact) mass is 311 g/mol. The zero-order chi connectivity index (χ0) is 15.5. The van der Waals surface area contributed by atoms with Gasteiger partial charge in [0.2, 0.25) is 0 Å². The summed E-state index contributed by atoms with van der Waals surface area (Å²) in [6.45, 7) is 3.84.